The van der Waals surface area contributed by atoms with Crippen LogP contribution in [0.25, 0.3) is 22.3 Å². The van der Waals surface area contributed by atoms with Crippen molar-refractivity contribution in [2.45, 2.75) is 75.2 Å². The van der Waals surface area contributed by atoms with E-state index in [-0.39, 0.29) is 12.6 Å². The van der Waals surface area contributed by atoms with Crippen molar-refractivity contribution in [2.75, 3.05) is 20.5 Å². The van der Waals surface area contributed by atoms with Gasteiger partial charge in [-0.2, -0.15) is 26.3 Å². The molecule has 1 aromatic heterocycles. The SMILES string of the molecule is COC(=O)c1ccc(-c2ccc(OC)c(-c3cnc(SC)nc3CN3C(=O)O[C@H](C4(C)C=C(C(F)(F)F)C=C(C(F)(F)F)C4)C34CCC4)c2)c(C)c1. The van der Waals surface area contributed by atoms with E-state index in [1.165, 1.54) is 37.8 Å². The molecule has 0 radical (unpaired) electrons. The number of hydrogen-bond acceptors (Lipinski definition) is 8. The lowest BCUT2D eigenvalue weighted by atomic mass is 9.61. The number of cyclic esters (lactones) is 1. The van der Waals surface area contributed by atoms with Gasteiger partial charge in [-0.1, -0.05) is 36.9 Å². The zero-order chi connectivity index (χ0) is 37.8. The number of carbonyl (C=O) groups is 2. The molecule has 3 aromatic rings. The highest BCUT2D eigenvalue weighted by Gasteiger charge is 2.64. The fourth-order valence-electron chi connectivity index (χ4n) is 7.56. The van der Waals surface area contributed by atoms with Crippen molar-refractivity contribution >= 4 is 23.8 Å². The number of amides is 1. The molecule has 2 aromatic carbocycles. The smallest absolute Gasteiger partial charge is 0.416 e. The van der Waals surface area contributed by atoms with Crippen molar-refractivity contribution in [3.8, 4) is 28.0 Å². The monoisotopic (exact) mass is 747 g/mol. The highest BCUT2D eigenvalue weighted by atomic mass is 32.2. The van der Waals surface area contributed by atoms with Crippen molar-refractivity contribution in [3.05, 3.63) is 82.7 Å². The first-order valence-corrected chi connectivity index (χ1v) is 17.5. The van der Waals surface area contributed by atoms with Gasteiger partial charge in [0.05, 0.1) is 43.1 Å². The Morgan fingerprint density at radius 2 is 1.77 bits per heavy atom. The van der Waals surface area contributed by atoms with Crippen LogP contribution < -0.4 is 4.74 Å². The van der Waals surface area contributed by atoms with Crippen molar-refractivity contribution in [2.24, 2.45) is 5.41 Å². The largest absolute Gasteiger partial charge is 0.496 e. The Bertz CT molecular complexity index is 1990. The number of esters is 1. The van der Waals surface area contributed by atoms with E-state index < -0.39 is 59.0 Å². The molecule has 1 aliphatic heterocycles. The first-order chi connectivity index (χ1) is 24.4. The van der Waals surface area contributed by atoms with Crippen LogP contribution in [0.2, 0.25) is 0 Å². The van der Waals surface area contributed by atoms with Crippen LogP contribution in [0.1, 0.15) is 54.2 Å². The van der Waals surface area contributed by atoms with Gasteiger partial charge in [0.15, 0.2) is 5.16 Å². The normalized spacial score (nSPS) is 21.3. The summed E-state index contributed by atoms with van der Waals surface area (Å²) in [5.74, 6) is -0.0141. The van der Waals surface area contributed by atoms with Crippen LogP contribution in [0.15, 0.2) is 71.0 Å². The Labute approximate surface area is 300 Å². The molecule has 1 spiro atoms. The third kappa shape index (κ3) is 6.63. The van der Waals surface area contributed by atoms with E-state index in [4.69, 9.17) is 19.2 Å². The van der Waals surface area contributed by atoms with Crippen LogP contribution >= 0.6 is 11.8 Å². The molecule has 2 atom stereocenters. The van der Waals surface area contributed by atoms with Crippen LogP contribution in [0.4, 0.5) is 31.1 Å². The van der Waals surface area contributed by atoms with E-state index in [1.807, 2.05) is 19.1 Å². The minimum absolute atomic E-state index is 0.136. The van der Waals surface area contributed by atoms with Gasteiger partial charge >= 0.3 is 24.4 Å². The molecule has 52 heavy (non-hydrogen) atoms. The fourth-order valence-corrected chi connectivity index (χ4v) is 7.92. The topological polar surface area (TPSA) is 90.9 Å². The minimum atomic E-state index is -5.05. The number of allylic oxidation sites excluding steroid dienone is 3. The lowest BCUT2D eigenvalue weighted by molar-refractivity contribution is -0.108. The summed E-state index contributed by atoms with van der Waals surface area (Å²) in [5.41, 5.74) is -1.53. The van der Waals surface area contributed by atoms with Gasteiger partial charge in [0, 0.05) is 28.3 Å². The summed E-state index contributed by atoms with van der Waals surface area (Å²) >= 11 is 1.26. The molecule has 2 heterocycles. The van der Waals surface area contributed by atoms with Gasteiger partial charge in [0.1, 0.15) is 11.9 Å². The van der Waals surface area contributed by atoms with Crippen molar-refractivity contribution in [1.29, 1.82) is 0 Å². The molecule has 276 valence electrons. The number of aryl methyl sites for hydroxylation is 1. The molecule has 1 saturated carbocycles. The van der Waals surface area contributed by atoms with Crippen LogP contribution in [-0.4, -0.2) is 71.4 Å². The average Bonchev–Trinajstić information content (AvgIpc) is 3.39. The molecular weight excluding hydrogens is 712 g/mol. The molecule has 0 bridgehead atoms. The van der Waals surface area contributed by atoms with Crippen molar-refractivity contribution in [1.82, 2.24) is 14.9 Å². The molecule has 1 saturated heterocycles. The zero-order valence-corrected chi connectivity index (χ0v) is 29.7. The molecule has 2 fully saturated rings. The maximum absolute atomic E-state index is 14.0. The van der Waals surface area contributed by atoms with Crippen LogP contribution in [0.5, 0.6) is 5.75 Å². The Morgan fingerprint density at radius 1 is 1.04 bits per heavy atom. The summed E-state index contributed by atoms with van der Waals surface area (Å²) in [7, 11) is 2.80. The Kier molecular flexibility index (Phi) is 9.64. The molecule has 6 rings (SSSR count). The number of nitrogens with zero attached hydrogens (tertiary/aromatic N) is 3. The summed E-state index contributed by atoms with van der Waals surface area (Å²) in [6.45, 7) is 2.99. The van der Waals surface area contributed by atoms with Gasteiger partial charge in [-0.3, -0.25) is 4.90 Å². The number of ether oxygens (including phenoxy) is 3. The number of aromatic nitrogens is 2. The fraction of sp³-hybridized carbons (Fsp3) is 0.405. The number of halogens is 6. The van der Waals surface area contributed by atoms with Gasteiger partial charge in [-0.05, 0) is 85.9 Å². The van der Waals surface area contributed by atoms with Gasteiger partial charge < -0.3 is 14.2 Å². The number of hydrogen-bond donors (Lipinski definition) is 0. The summed E-state index contributed by atoms with van der Waals surface area (Å²) in [6, 6.07) is 10.6. The van der Waals surface area contributed by atoms with Gasteiger partial charge in [0.2, 0.25) is 0 Å². The molecule has 0 N–H and O–H groups in total. The number of methoxy groups -OCH3 is 2. The Morgan fingerprint density at radius 3 is 2.35 bits per heavy atom. The first kappa shape index (κ1) is 37.2. The predicted molar refractivity (Wildman–Crippen MR) is 181 cm³/mol. The summed E-state index contributed by atoms with van der Waals surface area (Å²) in [5, 5.41) is 0.381. The molecule has 15 heteroatoms. The number of thioether (sulfide) groups is 1. The number of alkyl halides is 6. The highest BCUT2D eigenvalue weighted by Crippen LogP contribution is 2.57. The molecule has 2 aliphatic carbocycles. The molecule has 1 unspecified atom stereocenters. The number of rotatable bonds is 8. The van der Waals surface area contributed by atoms with Crippen molar-refractivity contribution in [3.63, 3.8) is 0 Å². The lowest BCUT2D eigenvalue weighted by Crippen LogP contribution is -2.60. The second kappa shape index (κ2) is 13.5. The summed E-state index contributed by atoms with van der Waals surface area (Å²) < 4.78 is 100. The van der Waals surface area contributed by atoms with E-state index in [9.17, 15) is 35.9 Å². The third-order valence-electron chi connectivity index (χ3n) is 10.1. The van der Waals surface area contributed by atoms with E-state index in [0.717, 1.165) is 22.8 Å². The summed E-state index contributed by atoms with van der Waals surface area (Å²) in [6.07, 6.45) is -7.50. The highest BCUT2D eigenvalue weighted by molar-refractivity contribution is 7.98. The number of carbonyl (C=O) groups excluding carboxylic acids is 2. The predicted octanol–water partition coefficient (Wildman–Crippen LogP) is 9.27. The quantitative estimate of drug-likeness (QED) is 0.0976. The van der Waals surface area contributed by atoms with E-state index >= 15 is 0 Å². The van der Waals surface area contributed by atoms with E-state index in [2.05, 4.69) is 4.98 Å². The van der Waals surface area contributed by atoms with Crippen molar-refractivity contribution < 1.29 is 50.1 Å². The molecule has 1 amide bonds. The van der Waals surface area contributed by atoms with Crippen LogP contribution in [-0.2, 0) is 16.0 Å². The first-order valence-electron chi connectivity index (χ1n) is 16.3. The second-order valence-electron chi connectivity index (χ2n) is 13.4. The average molecular weight is 748 g/mol. The standard InChI is InChI=1S/C37H35F6N3O5S/c1-20-13-22(30(47)50-4)7-9-25(20)21-8-10-29(49-3)26(14-21)27-18-44-32(52-5)45-28(27)19-46-33(48)51-31(35(46)11-6-12-35)34(2)16-23(36(38,39)40)15-24(17-34)37(41,42)43/h7-10,13-16,18,31H,6,11-12,17,19H2,1-5H3/t31-,34?/m1/s1. The Hall–Kier alpha value is -4.53. The second-order valence-corrected chi connectivity index (χ2v) is 14.2. The van der Waals surface area contributed by atoms with Gasteiger partial charge in [-0.25, -0.2) is 19.6 Å². The number of benzene rings is 2. The Balaban J connectivity index is 1.41. The third-order valence-corrected chi connectivity index (χ3v) is 10.7. The zero-order valence-electron chi connectivity index (χ0n) is 28.9. The molecule has 8 nitrogen and oxygen atoms in total. The van der Waals surface area contributed by atoms with Crippen LogP contribution in [0.3, 0.4) is 0 Å². The maximum atomic E-state index is 14.0. The van der Waals surface area contributed by atoms with Gasteiger partial charge in [0.25, 0.3) is 0 Å². The van der Waals surface area contributed by atoms with E-state index in [1.54, 1.807) is 36.7 Å². The lowest BCUT2D eigenvalue weighted by Gasteiger charge is -2.51. The minimum Gasteiger partial charge on any atom is -0.496 e. The maximum Gasteiger partial charge on any atom is 0.416 e. The molecular formula is C37H35F6N3O5S. The van der Waals surface area contributed by atoms with E-state index in [0.29, 0.717) is 52.6 Å². The van der Waals surface area contributed by atoms with Crippen LogP contribution in [0, 0.1) is 12.3 Å². The van der Waals surface area contributed by atoms with Gasteiger partial charge in [-0.15, -0.1) is 0 Å². The summed E-state index contributed by atoms with van der Waals surface area (Å²) in [4.78, 5) is 36.5. The molecule has 3 aliphatic rings.